The van der Waals surface area contributed by atoms with E-state index >= 15 is 0 Å². The van der Waals surface area contributed by atoms with Gasteiger partial charge in [0.2, 0.25) is 0 Å². The number of hydrogen-bond donors (Lipinski definition) is 4. The molecule has 0 bridgehead atoms. The van der Waals surface area contributed by atoms with Crippen LogP contribution in [0.4, 0.5) is 11.4 Å². The van der Waals surface area contributed by atoms with Crippen LogP contribution >= 0.6 is 24.4 Å². The molecule has 1 aliphatic heterocycles. The zero-order valence-corrected chi connectivity index (χ0v) is 26.9. The summed E-state index contributed by atoms with van der Waals surface area (Å²) in [5, 5.41) is 37.6. The van der Waals surface area contributed by atoms with Crippen molar-refractivity contribution in [1.82, 2.24) is 10.2 Å². The first kappa shape index (κ1) is 34.6. The Kier molecular flexibility index (Phi) is 11.7. The number of nitrogens with one attached hydrogen (secondary N) is 2. The molecule has 0 spiro atoms. The number of aliphatic hydroxyl groups excluding tert-OH is 1. The largest absolute Gasteiger partial charge is 0.491 e. The number of aliphatic imine (C=N–C) groups is 1. The van der Waals surface area contributed by atoms with E-state index in [9.17, 15) is 24.8 Å². The summed E-state index contributed by atoms with van der Waals surface area (Å²) in [6.07, 6.45) is 0.540. The Morgan fingerprint density at radius 1 is 1.17 bits per heavy atom. The van der Waals surface area contributed by atoms with Crippen LogP contribution in [0, 0.1) is 10.1 Å². The van der Waals surface area contributed by atoms with E-state index in [2.05, 4.69) is 15.6 Å². The van der Waals surface area contributed by atoms with Gasteiger partial charge in [-0.2, -0.15) is 0 Å². The number of non-ortho nitro benzene ring substituents is 1. The summed E-state index contributed by atoms with van der Waals surface area (Å²) < 4.78 is 11.1. The summed E-state index contributed by atoms with van der Waals surface area (Å²) in [4.78, 5) is 40.6. The lowest BCUT2D eigenvalue weighted by molar-refractivity contribution is -0.384. The molecule has 0 saturated carbocycles. The van der Waals surface area contributed by atoms with E-state index in [1.807, 2.05) is 0 Å². The third-order valence-electron chi connectivity index (χ3n) is 6.94. The SMILES string of the molecule is CCOC(=O)C1=C(C)N(CC(O)COc2ccc(C=NC(=S)Nc3ccc(C(=O)O)cc3)cc2)C(=S)NC1c1cccc([N+](=O)[O-])c1. The fourth-order valence-corrected chi connectivity index (χ4v) is 5.13. The second-order valence-electron chi connectivity index (χ2n) is 10.2. The molecule has 244 valence electrons. The fourth-order valence-electron chi connectivity index (χ4n) is 4.63. The van der Waals surface area contributed by atoms with Crippen LogP contribution in [0.15, 0.2) is 89.1 Å². The van der Waals surface area contributed by atoms with Crippen LogP contribution in [0.3, 0.4) is 0 Å². The summed E-state index contributed by atoms with van der Waals surface area (Å²) in [5.74, 6) is -1.14. The number of aliphatic hydroxyl groups is 1. The minimum atomic E-state index is -1.02. The third kappa shape index (κ3) is 9.16. The first-order valence-corrected chi connectivity index (χ1v) is 15.1. The van der Waals surface area contributed by atoms with Crippen LogP contribution in [0.5, 0.6) is 5.75 Å². The Balaban J connectivity index is 1.37. The highest BCUT2D eigenvalue weighted by Crippen LogP contribution is 2.33. The number of allylic oxidation sites excluding steroid dienone is 1. The van der Waals surface area contributed by atoms with Gasteiger partial charge in [-0.1, -0.05) is 12.1 Å². The number of carbonyl (C=O) groups is 2. The zero-order valence-electron chi connectivity index (χ0n) is 25.3. The average Bonchev–Trinajstić information content (AvgIpc) is 3.05. The molecule has 3 aromatic carbocycles. The summed E-state index contributed by atoms with van der Waals surface area (Å²) >= 11 is 10.8. The molecular weight excluding hydrogens is 647 g/mol. The van der Waals surface area contributed by atoms with Crippen molar-refractivity contribution >= 4 is 64.2 Å². The van der Waals surface area contributed by atoms with Gasteiger partial charge in [-0.25, -0.2) is 14.6 Å². The lowest BCUT2D eigenvalue weighted by atomic mass is 9.94. The summed E-state index contributed by atoms with van der Waals surface area (Å²) in [6, 6.07) is 18.2. The van der Waals surface area contributed by atoms with E-state index in [4.69, 9.17) is 39.0 Å². The standard InChI is InChI=1S/C32H31N5O8S2/c1-3-44-30(41)27-19(2)36(32(47)35-28(27)22-5-4-6-24(15-22)37(42)43)17-25(38)18-45-26-13-7-20(8-14-26)16-33-31(46)34-23-11-9-21(10-12-23)29(39)40/h4-16,25,28,38H,3,17-18H2,1-2H3,(H,34,46)(H,35,47)(H,39,40). The van der Waals surface area contributed by atoms with Crippen LogP contribution in [0.2, 0.25) is 0 Å². The molecule has 0 aromatic heterocycles. The van der Waals surface area contributed by atoms with Crippen molar-refractivity contribution in [2.45, 2.75) is 26.0 Å². The maximum Gasteiger partial charge on any atom is 0.338 e. The number of ether oxygens (including phenoxy) is 2. The Labute approximate surface area is 280 Å². The molecule has 0 aliphatic carbocycles. The Hall–Kier alpha value is -5.25. The molecule has 3 aromatic rings. The summed E-state index contributed by atoms with van der Waals surface area (Å²) in [5.41, 5.74) is 2.49. The van der Waals surface area contributed by atoms with Crippen molar-refractivity contribution in [2.75, 3.05) is 25.1 Å². The third-order valence-corrected chi connectivity index (χ3v) is 7.48. The Morgan fingerprint density at radius 2 is 1.87 bits per heavy atom. The number of benzene rings is 3. The first-order chi connectivity index (χ1) is 22.5. The molecule has 47 heavy (non-hydrogen) atoms. The van der Waals surface area contributed by atoms with E-state index in [0.29, 0.717) is 22.7 Å². The lowest BCUT2D eigenvalue weighted by Crippen LogP contribution is -2.50. The number of anilines is 1. The van der Waals surface area contributed by atoms with Gasteiger partial charge in [0, 0.05) is 29.7 Å². The topological polar surface area (TPSA) is 176 Å². The van der Waals surface area contributed by atoms with E-state index in [0.717, 1.165) is 5.56 Å². The van der Waals surface area contributed by atoms with Crippen molar-refractivity contribution < 1.29 is 34.2 Å². The second-order valence-corrected chi connectivity index (χ2v) is 10.9. The van der Waals surface area contributed by atoms with Crippen LogP contribution in [0.1, 0.15) is 41.4 Å². The first-order valence-electron chi connectivity index (χ1n) is 14.3. The van der Waals surface area contributed by atoms with Gasteiger partial charge in [0.1, 0.15) is 18.5 Å². The Bertz CT molecular complexity index is 1730. The smallest absolute Gasteiger partial charge is 0.338 e. The van der Waals surface area contributed by atoms with E-state index in [1.54, 1.807) is 67.4 Å². The van der Waals surface area contributed by atoms with Gasteiger partial charge in [-0.05, 0) is 97.9 Å². The number of nitro groups is 1. The van der Waals surface area contributed by atoms with Gasteiger partial charge in [0.05, 0.1) is 35.3 Å². The monoisotopic (exact) mass is 677 g/mol. The van der Waals surface area contributed by atoms with Gasteiger partial charge in [-0.3, -0.25) is 10.1 Å². The molecule has 0 saturated heterocycles. The minimum Gasteiger partial charge on any atom is -0.491 e. The van der Waals surface area contributed by atoms with Crippen molar-refractivity contribution in [3.8, 4) is 5.75 Å². The fraction of sp³-hybridized carbons (Fsp3) is 0.219. The van der Waals surface area contributed by atoms with Crippen LogP contribution < -0.4 is 15.4 Å². The van der Waals surface area contributed by atoms with Crippen LogP contribution in [-0.2, 0) is 9.53 Å². The number of aromatic carboxylic acids is 1. The molecule has 0 amide bonds. The van der Waals surface area contributed by atoms with E-state index < -0.39 is 29.0 Å². The predicted octanol–water partition coefficient (Wildman–Crippen LogP) is 4.62. The molecule has 4 rings (SSSR count). The predicted molar refractivity (Wildman–Crippen MR) is 183 cm³/mol. The minimum absolute atomic E-state index is 0.00352. The highest BCUT2D eigenvalue weighted by Gasteiger charge is 2.36. The number of carboxylic acids is 1. The number of β-amino-alcohol motifs (C(OH)–C–C–N with tert-alkyl or cyclic N) is 1. The highest BCUT2D eigenvalue weighted by atomic mass is 32.1. The Morgan fingerprint density at radius 3 is 2.51 bits per heavy atom. The quantitative estimate of drug-likeness (QED) is 0.0688. The number of nitrogens with zero attached hydrogens (tertiary/aromatic N) is 3. The van der Waals surface area contributed by atoms with Gasteiger partial charge in [0.15, 0.2) is 10.2 Å². The molecule has 13 nitrogen and oxygen atoms in total. The molecule has 4 N–H and O–H groups in total. The van der Waals surface area contributed by atoms with Crippen molar-refractivity contribution in [3.63, 3.8) is 0 Å². The van der Waals surface area contributed by atoms with Crippen LogP contribution in [-0.4, -0.2) is 74.3 Å². The normalized spacial score (nSPS) is 15.2. The number of rotatable bonds is 12. The van der Waals surface area contributed by atoms with E-state index in [-0.39, 0.29) is 46.8 Å². The maximum absolute atomic E-state index is 13.0. The summed E-state index contributed by atoms with van der Waals surface area (Å²) in [7, 11) is 0. The average molecular weight is 678 g/mol. The van der Waals surface area contributed by atoms with Gasteiger partial charge >= 0.3 is 11.9 Å². The second kappa shape index (κ2) is 15.8. The number of esters is 1. The number of nitro benzene ring substituents is 1. The zero-order chi connectivity index (χ0) is 34.1. The number of carbonyl (C=O) groups excluding carboxylic acids is 1. The van der Waals surface area contributed by atoms with Gasteiger partial charge in [0.25, 0.3) is 5.69 Å². The molecule has 1 heterocycles. The molecule has 15 heteroatoms. The maximum atomic E-state index is 13.0. The van der Waals surface area contributed by atoms with E-state index in [1.165, 1.54) is 30.3 Å². The molecule has 0 fully saturated rings. The number of carboxylic acid groups (broad SMARTS) is 1. The molecular formula is C32H31N5O8S2. The van der Waals surface area contributed by atoms with Crippen molar-refractivity contribution in [3.05, 3.63) is 111 Å². The number of thiocarbonyl (C=S) groups is 2. The van der Waals surface area contributed by atoms with Crippen LogP contribution in [0.25, 0.3) is 0 Å². The van der Waals surface area contributed by atoms with Gasteiger partial charge in [-0.15, -0.1) is 0 Å². The highest BCUT2D eigenvalue weighted by molar-refractivity contribution is 7.80. The molecule has 2 atom stereocenters. The van der Waals surface area contributed by atoms with Gasteiger partial charge < -0.3 is 35.2 Å². The van der Waals surface area contributed by atoms with Crippen molar-refractivity contribution in [1.29, 1.82) is 0 Å². The van der Waals surface area contributed by atoms with Crippen molar-refractivity contribution in [2.24, 2.45) is 4.99 Å². The number of hydrogen-bond acceptors (Lipinski definition) is 9. The molecule has 1 aliphatic rings. The molecule has 2 unspecified atom stereocenters. The molecule has 0 radical (unpaired) electrons. The summed E-state index contributed by atoms with van der Waals surface area (Å²) in [6.45, 7) is 3.38. The lowest BCUT2D eigenvalue weighted by Gasteiger charge is -2.38.